The minimum atomic E-state index is -3.52. The molecule has 3 aromatic rings. The van der Waals surface area contributed by atoms with Gasteiger partial charge < -0.3 is 10.7 Å². The average Bonchev–Trinajstić information content (AvgIpc) is 3.11. The van der Waals surface area contributed by atoms with Gasteiger partial charge in [-0.1, -0.05) is 0 Å². The van der Waals surface area contributed by atoms with Crippen LogP contribution in [0.1, 0.15) is 12.1 Å². The second-order valence-corrected chi connectivity index (χ2v) is 7.42. The van der Waals surface area contributed by atoms with Crippen molar-refractivity contribution in [3.05, 3.63) is 35.6 Å². The highest BCUT2D eigenvalue weighted by Crippen LogP contribution is 2.16. The number of nitrogens with two attached hydrogens (primary N) is 1. The SMILES string of the molecule is Nc1nc(CCCNS(=O)(=O)c2ccc3nc[nH]c3c2)cs1. The predicted molar refractivity (Wildman–Crippen MR) is 86.1 cm³/mol. The van der Waals surface area contributed by atoms with Gasteiger partial charge in [0.15, 0.2) is 5.13 Å². The molecule has 9 heteroatoms. The Hall–Kier alpha value is -1.97. The third-order valence-corrected chi connectivity index (χ3v) is 5.35. The molecule has 2 aromatic heterocycles. The molecule has 0 bridgehead atoms. The number of aryl methyl sites for hydroxylation is 1. The first-order valence-corrected chi connectivity index (χ1v) is 9.03. The maximum atomic E-state index is 12.2. The molecule has 0 spiro atoms. The Labute approximate surface area is 131 Å². The quantitative estimate of drug-likeness (QED) is 0.590. The Morgan fingerprint density at radius 3 is 3.00 bits per heavy atom. The molecule has 0 fully saturated rings. The molecular formula is C13H15N5O2S2. The van der Waals surface area contributed by atoms with E-state index in [0.717, 1.165) is 11.2 Å². The van der Waals surface area contributed by atoms with E-state index in [0.29, 0.717) is 30.0 Å². The number of aromatic amines is 1. The molecule has 0 saturated heterocycles. The van der Waals surface area contributed by atoms with Gasteiger partial charge in [0.05, 0.1) is 28.0 Å². The van der Waals surface area contributed by atoms with Gasteiger partial charge in [0.25, 0.3) is 0 Å². The Morgan fingerprint density at radius 2 is 2.23 bits per heavy atom. The van der Waals surface area contributed by atoms with E-state index in [2.05, 4.69) is 19.7 Å². The van der Waals surface area contributed by atoms with Crippen molar-refractivity contribution in [3.8, 4) is 0 Å². The van der Waals surface area contributed by atoms with Crippen LogP contribution in [-0.2, 0) is 16.4 Å². The van der Waals surface area contributed by atoms with Crippen LogP contribution in [0.15, 0.2) is 34.8 Å². The maximum Gasteiger partial charge on any atom is 0.240 e. The monoisotopic (exact) mass is 337 g/mol. The lowest BCUT2D eigenvalue weighted by molar-refractivity contribution is 0.579. The summed E-state index contributed by atoms with van der Waals surface area (Å²) in [7, 11) is -3.52. The van der Waals surface area contributed by atoms with E-state index in [1.54, 1.807) is 18.2 Å². The number of rotatable bonds is 6. The first-order valence-electron chi connectivity index (χ1n) is 6.67. The van der Waals surface area contributed by atoms with Gasteiger partial charge in [-0.3, -0.25) is 0 Å². The summed E-state index contributed by atoms with van der Waals surface area (Å²) >= 11 is 1.39. The fourth-order valence-corrected chi connectivity index (χ4v) is 3.78. The zero-order chi connectivity index (χ0) is 15.6. The number of nitrogens with one attached hydrogen (secondary N) is 2. The molecule has 2 heterocycles. The van der Waals surface area contributed by atoms with Gasteiger partial charge in [0, 0.05) is 11.9 Å². The van der Waals surface area contributed by atoms with Crippen LogP contribution < -0.4 is 10.5 Å². The Morgan fingerprint density at radius 1 is 1.36 bits per heavy atom. The second kappa shape index (κ2) is 6.03. The van der Waals surface area contributed by atoms with E-state index in [4.69, 9.17) is 5.73 Å². The lowest BCUT2D eigenvalue weighted by Gasteiger charge is -2.06. The summed E-state index contributed by atoms with van der Waals surface area (Å²) < 4.78 is 27.1. The number of benzene rings is 1. The number of H-pyrrole nitrogens is 1. The van der Waals surface area contributed by atoms with Gasteiger partial charge in [-0.2, -0.15) is 0 Å². The molecule has 0 atom stereocenters. The van der Waals surface area contributed by atoms with Crippen molar-refractivity contribution in [2.75, 3.05) is 12.3 Å². The van der Waals surface area contributed by atoms with Crippen molar-refractivity contribution in [1.82, 2.24) is 19.7 Å². The molecule has 4 N–H and O–H groups in total. The molecule has 0 saturated carbocycles. The molecule has 0 unspecified atom stereocenters. The topological polar surface area (TPSA) is 114 Å². The molecule has 3 rings (SSSR count). The van der Waals surface area contributed by atoms with Gasteiger partial charge in [-0.05, 0) is 31.0 Å². The Bertz CT molecular complexity index is 885. The highest BCUT2D eigenvalue weighted by molar-refractivity contribution is 7.89. The fourth-order valence-electron chi connectivity index (χ4n) is 2.08. The molecule has 0 amide bonds. The number of hydrogen-bond donors (Lipinski definition) is 3. The molecule has 116 valence electrons. The molecule has 0 aliphatic heterocycles. The summed E-state index contributed by atoms with van der Waals surface area (Å²) in [5.41, 5.74) is 7.87. The number of nitrogens with zero attached hydrogens (tertiary/aromatic N) is 2. The number of fused-ring (bicyclic) bond motifs is 1. The van der Waals surface area contributed by atoms with E-state index in [-0.39, 0.29) is 4.90 Å². The van der Waals surface area contributed by atoms with Gasteiger partial charge >= 0.3 is 0 Å². The lowest BCUT2D eigenvalue weighted by atomic mass is 10.2. The number of thiazole rings is 1. The minimum Gasteiger partial charge on any atom is -0.375 e. The van der Waals surface area contributed by atoms with Crippen LogP contribution in [0.2, 0.25) is 0 Å². The third-order valence-electron chi connectivity index (χ3n) is 3.17. The molecule has 0 aliphatic carbocycles. The van der Waals surface area contributed by atoms with Crippen molar-refractivity contribution in [3.63, 3.8) is 0 Å². The maximum absolute atomic E-state index is 12.2. The van der Waals surface area contributed by atoms with Gasteiger partial charge in [0.1, 0.15) is 0 Å². The standard InChI is InChI=1S/C13H15N5O2S2/c14-13-18-9(7-21-13)2-1-5-17-22(19,20)10-3-4-11-12(6-10)16-8-15-11/h3-4,6-8,17H,1-2,5H2,(H2,14,18)(H,15,16). The highest BCUT2D eigenvalue weighted by atomic mass is 32.2. The van der Waals surface area contributed by atoms with E-state index >= 15 is 0 Å². The summed E-state index contributed by atoms with van der Waals surface area (Å²) in [6.45, 7) is 0.348. The number of sulfonamides is 1. The number of imidazole rings is 1. The van der Waals surface area contributed by atoms with E-state index < -0.39 is 10.0 Å². The average molecular weight is 337 g/mol. The van der Waals surface area contributed by atoms with Crippen LogP contribution in [0.25, 0.3) is 11.0 Å². The first-order chi connectivity index (χ1) is 10.5. The smallest absolute Gasteiger partial charge is 0.240 e. The lowest BCUT2D eigenvalue weighted by Crippen LogP contribution is -2.25. The summed E-state index contributed by atoms with van der Waals surface area (Å²) in [4.78, 5) is 11.3. The summed E-state index contributed by atoms with van der Waals surface area (Å²) in [5.74, 6) is 0. The van der Waals surface area contributed by atoms with Gasteiger partial charge in [-0.15, -0.1) is 11.3 Å². The van der Waals surface area contributed by atoms with Crippen LogP contribution in [0.5, 0.6) is 0 Å². The zero-order valence-electron chi connectivity index (χ0n) is 11.6. The summed E-state index contributed by atoms with van der Waals surface area (Å²) in [6.07, 6.45) is 2.89. The summed E-state index contributed by atoms with van der Waals surface area (Å²) in [6, 6.07) is 4.80. The van der Waals surface area contributed by atoms with Crippen LogP contribution in [0, 0.1) is 0 Å². The van der Waals surface area contributed by atoms with Gasteiger partial charge in [0.2, 0.25) is 10.0 Å². The number of hydrogen-bond acceptors (Lipinski definition) is 6. The number of nitrogen functional groups attached to an aromatic ring is 1. The first kappa shape index (κ1) is 14.9. The van der Waals surface area contributed by atoms with Crippen molar-refractivity contribution in [2.45, 2.75) is 17.7 Å². The fraction of sp³-hybridized carbons (Fsp3) is 0.231. The van der Waals surface area contributed by atoms with Crippen molar-refractivity contribution >= 4 is 37.5 Å². The van der Waals surface area contributed by atoms with Crippen molar-refractivity contribution < 1.29 is 8.42 Å². The highest BCUT2D eigenvalue weighted by Gasteiger charge is 2.14. The summed E-state index contributed by atoms with van der Waals surface area (Å²) in [5, 5.41) is 2.42. The van der Waals surface area contributed by atoms with E-state index in [9.17, 15) is 8.42 Å². The van der Waals surface area contributed by atoms with E-state index in [1.807, 2.05) is 5.38 Å². The van der Waals surface area contributed by atoms with Crippen LogP contribution in [-0.4, -0.2) is 29.9 Å². The van der Waals surface area contributed by atoms with Crippen molar-refractivity contribution in [2.24, 2.45) is 0 Å². The Kier molecular flexibility index (Phi) is 4.10. The zero-order valence-corrected chi connectivity index (χ0v) is 13.2. The van der Waals surface area contributed by atoms with Crippen LogP contribution >= 0.6 is 11.3 Å². The van der Waals surface area contributed by atoms with E-state index in [1.165, 1.54) is 17.7 Å². The molecule has 1 aromatic carbocycles. The molecule has 0 radical (unpaired) electrons. The van der Waals surface area contributed by atoms with Crippen LogP contribution in [0.4, 0.5) is 5.13 Å². The second-order valence-electron chi connectivity index (χ2n) is 4.76. The molecular weight excluding hydrogens is 322 g/mol. The van der Waals surface area contributed by atoms with Crippen molar-refractivity contribution in [1.29, 1.82) is 0 Å². The predicted octanol–water partition coefficient (Wildman–Crippen LogP) is 1.51. The van der Waals surface area contributed by atoms with Crippen LogP contribution in [0.3, 0.4) is 0 Å². The largest absolute Gasteiger partial charge is 0.375 e. The molecule has 0 aliphatic rings. The number of anilines is 1. The Balaban J connectivity index is 1.60. The third kappa shape index (κ3) is 3.26. The normalized spacial score (nSPS) is 12.0. The van der Waals surface area contributed by atoms with Gasteiger partial charge in [-0.25, -0.2) is 23.1 Å². The number of aromatic nitrogens is 3. The minimum absolute atomic E-state index is 0.224. The molecule has 22 heavy (non-hydrogen) atoms. The molecule has 7 nitrogen and oxygen atoms in total.